The van der Waals surface area contributed by atoms with Gasteiger partial charge in [0.15, 0.2) is 6.29 Å². The number of hydrogen-bond acceptors (Lipinski definition) is 4. The Kier molecular flexibility index (Phi) is 7.75. The highest BCUT2D eigenvalue weighted by Gasteiger charge is 2.03. The molecule has 0 saturated carbocycles. The van der Waals surface area contributed by atoms with Crippen molar-refractivity contribution in [3.05, 3.63) is 65.2 Å². The molecular weight excluding hydrogens is 330 g/mol. The molecule has 26 heavy (non-hydrogen) atoms. The number of ether oxygens (including phenoxy) is 2. The molecule has 2 aromatic carbocycles. The van der Waals surface area contributed by atoms with Gasteiger partial charge in [-0.1, -0.05) is 42.2 Å². The van der Waals surface area contributed by atoms with E-state index >= 15 is 0 Å². The number of nitrogens with one attached hydrogen (secondary N) is 1. The van der Waals surface area contributed by atoms with Gasteiger partial charge in [0.1, 0.15) is 12.4 Å². The summed E-state index contributed by atoms with van der Waals surface area (Å²) in [5.41, 5.74) is 2.13. The summed E-state index contributed by atoms with van der Waals surface area (Å²) in [6, 6.07) is 14.7. The maximum atomic E-state index is 11.6. The van der Waals surface area contributed by atoms with E-state index < -0.39 is 6.09 Å². The van der Waals surface area contributed by atoms with Crippen LogP contribution in [0.2, 0.25) is 0 Å². The Hall–Kier alpha value is -3.26. The van der Waals surface area contributed by atoms with Gasteiger partial charge in [0, 0.05) is 18.5 Å². The lowest BCUT2D eigenvalue weighted by Crippen LogP contribution is -2.24. The molecule has 2 rings (SSSR count). The number of amides is 1. The number of carbonyl (C=O) groups excluding carboxylic acids is 2. The first-order valence-electron chi connectivity index (χ1n) is 8.38. The average molecular weight is 351 g/mol. The van der Waals surface area contributed by atoms with Gasteiger partial charge in [-0.15, -0.1) is 0 Å². The molecule has 0 radical (unpaired) electrons. The number of hydrogen-bond donors (Lipinski definition) is 1. The SMILES string of the molecule is CCOc1ccc(C#CCCNC(=O)OCc2ccccc2)cc1C=O. The predicted molar refractivity (Wildman–Crippen MR) is 99.1 cm³/mol. The summed E-state index contributed by atoms with van der Waals surface area (Å²) < 4.78 is 10.5. The molecule has 1 N–H and O–H groups in total. The fourth-order valence-electron chi connectivity index (χ4n) is 2.17. The minimum Gasteiger partial charge on any atom is -0.493 e. The third kappa shape index (κ3) is 6.33. The van der Waals surface area contributed by atoms with Crippen LogP contribution in [0, 0.1) is 11.8 Å². The van der Waals surface area contributed by atoms with Crippen molar-refractivity contribution < 1.29 is 19.1 Å². The van der Waals surface area contributed by atoms with Crippen molar-refractivity contribution in [2.24, 2.45) is 0 Å². The Morgan fingerprint density at radius 3 is 2.73 bits per heavy atom. The monoisotopic (exact) mass is 351 g/mol. The molecule has 0 aliphatic heterocycles. The minimum atomic E-state index is -0.472. The first-order valence-corrected chi connectivity index (χ1v) is 8.38. The molecule has 0 unspecified atom stereocenters. The van der Waals surface area contributed by atoms with Gasteiger partial charge in [-0.3, -0.25) is 4.79 Å². The zero-order chi connectivity index (χ0) is 18.6. The van der Waals surface area contributed by atoms with Crippen molar-refractivity contribution in [1.29, 1.82) is 0 Å². The number of benzene rings is 2. The van der Waals surface area contributed by atoms with Crippen LogP contribution in [0.3, 0.4) is 0 Å². The van der Waals surface area contributed by atoms with E-state index in [1.807, 2.05) is 37.3 Å². The van der Waals surface area contributed by atoms with Crippen molar-refractivity contribution in [3.63, 3.8) is 0 Å². The van der Waals surface area contributed by atoms with E-state index in [9.17, 15) is 9.59 Å². The van der Waals surface area contributed by atoms with Crippen LogP contribution in [-0.4, -0.2) is 25.5 Å². The van der Waals surface area contributed by atoms with Gasteiger partial charge in [0.2, 0.25) is 0 Å². The molecule has 2 aromatic rings. The Bertz CT molecular complexity index is 791. The topological polar surface area (TPSA) is 64.6 Å². The molecule has 0 aliphatic carbocycles. The molecule has 0 fully saturated rings. The largest absolute Gasteiger partial charge is 0.493 e. The second-order valence-electron chi connectivity index (χ2n) is 5.34. The van der Waals surface area contributed by atoms with Gasteiger partial charge >= 0.3 is 6.09 Å². The quantitative estimate of drug-likeness (QED) is 0.471. The van der Waals surface area contributed by atoms with Crippen molar-refractivity contribution in [1.82, 2.24) is 5.32 Å². The van der Waals surface area contributed by atoms with Crippen molar-refractivity contribution in [2.75, 3.05) is 13.2 Å². The first-order chi connectivity index (χ1) is 12.7. The summed E-state index contributed by atoms with van der Waals surface area (Å²) in [7, 11) is 0. The summed E-state index contributed by atoms with van der Waals surface area (Å²) in [6.45, 7) is 2.98. The van der Waals surface area contributed by atoms with Gasteiger partial charge in [0.25, 0.3) is 0 Å². The van der Waals surface area contributed by atoms with Crippen LogP contribution in [0.15, 0.2) is 48.5 Å². The Labute approximate surface area is 153 Å². The van der Waals surface area contributed by atoms with Crippen molar-refractivity contribution in [2.45, 2.75) is 20.0 Å². The van der Waals surface area contributed by atoms with Crippen LogP contribution >= 0.6 is 0 Å². The summed E-state index contributed by atoms with van der Waals surface area (Å²) in [4.78, 5) is 22.7. The molecule has 1 amide bonds. The fraction of sp³-hybridized carbons (Fsp3) is 0.238. The Morgan fingerprint density at radius 1 is 1.19 bits per heavy atom. The van der Waals surface area contributed by atoms with Crippen molar-refractivity contribution >= 4 is 12.4 Å². The third-order valence-electron chi connectivity index (χ3n) is 3.40. The number of carbonyl (C=O) groups is 2. The van der Waals surface area contributed by atoms with E-state index in [1.54, 1.807) is 18.2 Å². The van der Waals surface area contributed by atoms with Gasteiger partial charge < -0.3 is 14.8 Å². The summed E-state index contributed by atoms with van der Waals surface area (Å²) in [5, 5.41) is 2.65. The van der Waals surface area contributed by atoms with Crippen LogP contribution in [-0.2, 0) is 11.3 Å². The first kappa shape index (κ1) is 19.1. The highest BCUT2D eigenvalue weighted by Crippen LogP contribution is 2.18. The Morgan fingerprint density at radius 2 is 2.00 bits per heavy atom. The zero-order valence-electron chi connectivity index (χ0n) is 14.7. The highest BCUT2D eigenvalue weighted by atomic mass is 16.5. The average Bonchev–Trinajstić information content (AvgIpc) is 2.68. The zero-order valence-corrected chi connectivity index (χ0v) is 14.7. The lowest BCUT2D eigenvalue weighted by atomic mass is 10.1. The number of aldehydes is 1. The third-order valence-corrected chi connectivity index (χ3v) is 3.40. The van der Waals surface area contributed by atoms with E-state index in [0.29, 0.717) is 30.9 Å². The van der Waals surface area contributed by atoms with Gasteiger partial charge in [0.05, 0.1) is 12.2 Å². The molecule has 0 aliphatic rings. The summed E-state index contributed by atoms with van der Waals surface area (Å²) in [5.74, 6) is 6.47. The standard InChI is InChI=1S/C21H21NO4/c1-2-25-20-12-11-17(14-19(20)15-23)8-6-7-13-22-21(24)26-16-18-9-4-3-5-10-18/h3-5,9-12,14-15H,2,7,13,16H2,1H3,(H,22,24). The van der Waals surface area contributed by atoms with Crippen LogP contribution < -0.4 is 10.1 Å². The number of alkyl carbamates (subject to hydrolysis) is 1. The van der Waals surface area contributed by atoms with Crippen molar-refractivity contribution in [3.8, 4) is 17.6 Å². The Balaban J connectivity index is 1.74. The van der Waals surface area contributed by atoms with E-state index in [4.69, 9.17) is 9.47 Å². The van der Waals surface area contributed by atoms with Crippen LogP contribution in [0.4, 0.5) is 4.79 Å². The number of rotatable bonds is 7. The molecule has 5 heteroatoms. The molecule has 0 bridgehead atoms. The molecule has 134 valence electrons. The van der Waals surface area contributed by atoms with E-state index in [0.717, 1.165) is 17.4 Å². The fourth-order valence-corrected chi connectivity index (χ4v) is 2.17. The van der Waals surface area contributed by atoms with Crippen LogP contribution in [0.25, 0.3) is 0 Å². The molecule has 0 atom stereocenters. The van der Waals surface area contributed by atoms with E-state index in [-0.39, 0.29) is 6.61 Å². The minimum absolute atomic E-state index is 0.235. The highest BCUT2D eigenvalue weighted by molar-refractivity contribution is 5.80. The van der Waals surface area contributed by atoms with E-state index in [2.05, 4.69) is 17.2 Å². The smallest absolute Gasteiger partial charge is 0.407 e. The van der Waals surface area contributed by atoms with Gasteiger partial charge in [-0.05, 0) is 30.7 Å². The summed E-state index contributed by atoms with van der Waals surface area (Å²) in [6.07, 6.45) is 0.754. The summed E-state index contributed by atoms with van der Waals surface area (Å²) >= 11 is 0. The van der Waals surface area contributed by atoms with Gasteiger partial charge in [-0.2, -0.15) is 0 Å². The second-order valence-corrected chi connectivity index (χ2v) is 5.34. The van der Waals surface area contributed by atoms with Gasteiger partial charge in [-0.25, -0.2) is 4.79 Å². The predicted octanol–water partition coefficient (Wildman–Crippen LogP) is 3.57. The molecule has 5 nitrogen and oxygen atoms in total. The second kappa shape index (κ2) is 10.6. The molecule has 0 spiro atoms. The molecule has 0 aromatic heterocycles. The maximum absolute atomic E-state index is 11.6. The normalized spacial score (nSPS) is 9.58. The lowest BCUT2D eigenvalue weighted by Gasteiger charge is -2.06. The van der Waals surface area contributed by atoms with E-state index in [1.165, 1.54) is 0 Å². The maximum Gasteiger partial charge on any atom is 0.407 e. The van der Waals surface area contributed by atoms with Crippen LogP contribution in [0.5, 0.6) is 5.75 Å². The lowest BCUT2D eigenvalue weighted by molar-refractivity contribution is 0.111. The van der Waals surface area contributed by atoms with Crippen LogP contribution in [0.1, 0.15) is 34.8 Å². The molecule has 0 saturated heterocycles. The molecular formula is C21H21NO4. The molecule has 0 heterocycles.